The van der Waals surface area contributed by atoms with Gasteiger partial charge in [-0.15, -0.1) is 0 Å². The van der Waals surface area contributed by atoms with Crippen molar-refractivity contribution in [1.82, 2.24) is 5.32 Å². The zero-order valence-corrected chi connectivity index (χ0v) is 12.9. The van der Waals surface area contributed by atoms with E-state index < -0.39 is 28.9 Å². The van der Waals surface area contributed by atoms with E-state index in [0.29, 0.717) is 0 Å². The van der Waals surface area contributed by atoms with Gasteiger partial charge in [-0.05, 0) is 45.4 Å². The van der Waals surface area contributed by atoms with Crippen molar-refractivity contribution in [2.75, 3.05) is 13.7 Å². The molecule has 1 amide bonds. The summed E-state index contributed by atoms with van der Waals surface area (Å²) in [5, 5.41) is 2.60. The van der Waals surface area contributed by atoms with Gasteiger partial charge in [-0.1, -0.05) is 0 Å². The van der Waals surface area contributed by atoms with Crippen molar-refractivity contribution in [2.24, 2.45) is 0 Å². The fourth-order valence-electron chi connectivity index (χ4n) is 1.88. The Hall–Kier alpha value is -1.69. The van der Waals surface area contributed by atoms with E-state index in [1.165, 1.54) is 7.11 Å². The molecule has 6 heteroatoms. The molecule has 0 aromatic heterocycles. The molecule has 1 N–H and O–H groups in total. The van der Waals surface area contributed by atoms with E-state index in [0.717, 1.165) is 18.2 Å². The molecule has 1 rings (SSSR count). The summed E-state index contributed by atoms with van der Waals surface area (Å²) in [6.07, 6.45) is -0.688. The minimum Gasteiger partial charge on any atom is -0.444 e. The number of amides is 1. The quantitative estimate of drug-likeness (QED) is 0.927. The van der Waals surface area contributed by atoms with Crippen LogP contribution < -0.4 is 5.32 Å². The Labute approximate surface area is 123 Å². The van der Waals surface area contributed by atoms with Gasteiger partial charge < -0.3 is 14.8 Å². The zero-order chi connectivity index (χ0) is 16.3. The first-order chi connectivity index (χ1) is 9.55. The highest BCUT2D eigenvalue weighted by Crippen LogP contribution is 2.24. The molecule has 0 aliphatic rings. The first-order valence-corrected chi connectivity index (χ1v) is 6.52. The number of nitrogens with one attached hydrogen (secondary N) is 1. The summed E-state index contributed by atoms with van der Waals surface area (Å²) in [6.45, 7) is 6.82. The van der Waals surface area contributed by atoms with Gasteiger partial charge in [0.2, 0.25) is 0 Å². The average molecular weight is 301 g/mol. The second kappa shape index (κ2) is 6.39. The highest BCUT2D eigenvalue weighted by molar-refractivity contribution is 5.69. The fourth-order valence-corrected chi connectivity index (χ4v) is 1.88. The monoisotopic (exact) mass is 301 g/mol. The van der Waals surface area contributed by atoms with Crippen molar-refractivity contribution in [3.63, 3.8) is 0 Å². The van der Waals surface area contributed by atoms with Crippen LogP contribution in [0.1, 0.15) is 33.3 Å². The normalized spacial score (nSPS) is 14.4. The third kappa shape index (κ3) is 5.30. The van der Waals surface area contributed by atoms with Crippen LogP contribution in [0.4, 0.5) is 13.6 Å². The van der Waals surface area contributed by atoms with E-state index in [9.17, 15) is 13.6 Å². The Morgan fingerprint density at radius 2 is 1.67 bits per heavy atom. The third-order valence-corrected chi connectivity index (χ3v) is 2.71. The van der Waals surface area contributed by atoms with Crippen LogP contribution in [0.15, 0.2) is 18.2 Å². The molecular weight excluding hydrogens is 280 g/mol. The molecule has 1 unspecified atom stereocenters. The van der Waals surface area contributed by atoms with Crippen LogP contribution in [0.2, 0.25) is 0 Å². The Morgan fingerprint density at radius 3 is 2.10 bits per heavy atom. The van der Waals surface area contributed by atoms with Gasteiger partial charge in [-0.3, -0.25) is 0 Å². The Kier molecular flexibility index (Phi) is 5.28. The summed E-state index contributed by atoms with van der Waals surface area (Å²) in [5.74, 6) is -1.45. The molecule has 0 radical (unpaired) electrons. The van der Waals surface area contributed by atoms with Gasteiger partial charge in [0.25, 0.3) is 0 Å². The number of alkyl carbamates (subject to hydrolysis) is 1. The maximum absolute atomic E-state index is 13.4. The molecule has 0 saturated heterocycles. The number of rotatable bonds is 4. The molecule has 1 aromatic carbocycles. The van der Waals surface area contributed by atoms with Gasteiger partial charge in [-0.2, -0.15) is 0 Å². The lowest BCUT2D eigenvalue weighted by atomic mass is 9.92. The smallest absolute Gasteiger partial charge is 0.408 e. The maximum Gasteiger partial charge on any atom is 0.408 e. The summed E-state index contributed by atoms with van der Waals surface area (Å²) in [7, 11) is 1.44. The molecule has 21 heavy (non-hydrogen) atoms. The lowest BCUT2D eigenvalue weighted by molar-refractivity contribution is 0.0375. The zero-order valence-electron chi connectivity index (χ0n) is 12.9. The van der Waals surface area contributed by atoms with E-state index in [1.807, 2.05) is 0 Å². The summed E-state index contributed by atoms with van der Waals surface area (Å²) in [6, 6.07) is 3.07. The second-order valence-electron chi connectivity index (χ2n) is 6.05. The molecule has 0 fully saturated rings. The second-order valence-corrected chi connectivity index (χ2v) is 6.05. The van der Waals surface area contributed by atoms with Gasteiger partial charge >= 0.3 is 6.09 Å². The van der Waals surface area contributed by atoms with Crippen LogP contribution in [0, 0.1) is 11.6 Å². The SMILES string of the molecule is COCC(C)(NC(=O)OC(C)(C)C)c1cc(F)cc(F)c1. The van der Waals surface area contributed by atoms with Gasteiger partial charge in [0, 0.05) is 13.2 Å². The Balaban J connectivity index is 3.04. The van der Waals surface area contributed by atoms with Crippen molar-refractivity contribution in [1.29, 1.82) is 0 Å². The highest BCUT2D eigenvalue weighted by atomic mass is 19.1. The van der Waals surface area contributed by atoms with Crippen LogP contribution in [-0.2, 0) is 15.0 Å². The molecule has 0 aliphatic carbocycles. The number of halogens is 2. The largest absolute Gasteiger partial charge is 0.444 e. The summed E-state index contributed by atoms with van der Waals surface area (Å²) < 4.78 is 37.0. The topological polar surface area (TPSA) is 47.6 Å². The van der Waals surface area contributed by atoms with E-state index in [2.05, 4.69) is 5.32 Å². The molecule has 4 nitrogen and oxygen atoms in total. The van der Waals surface area contributed by atoms with Crippen molar-refractivity contribution in [2.45, 2.75) is 38.8 Å². The van der Waals surface area contributed by atoms with Crippen molar-refractivity contribution in [3.05, 3.63) is 35.4 Å². The van der Waals surface area contributed by atoms with Crippen LogP contribution >= 0.6 is 0 Å². The third-order valence-electron chi connectivity index (χ3n) is 2.71. The number of benzene rings is 1. The predicted octanol–water partition coefficient (Wildman–Crippen LogP) is 3.35. The van der Waals surface area contributed by atoms with Crippen molar-refractivity contribution >= 4 is 6.09 Å². The van der Waals surface area contributed by atoms with Crippen LogP contribution in [0.3, 0.4) is 0 Å². The fraction of sp³-hybridized carbons (Fsp3) is 0.533. The number of hydrogen-bond donors (Lipinski definition) is 1. The molecule has 0 heterocycles. The molecule has 0 spiro atoms. The number of carbonyl (C=O) groups excluding carboxylic acids is 1. The van der Waals surface area contributed by atoms with Gasteiger partial charge in [0.05, 0.1) is 12.1 Å². The molecule has 1 atom stereocenters. The van der Waals surface area contributed by atoms with Gasteiger partial charge in [0.1, 0.15) is 17.2 Å². The van der Waals surface area contributed by atoms with Crippen LogP contribution in [-0.4, -0.2) is 25.4 Å². The lowest BCUT2D eigenvalue weighted by Gasteiger charge is -2.32. The van der Waals surface area contributed by atoms with Crippen molar-refractivity contribution < 1.29 is 23.0 Å². The average Bonchev–Trinajstić information content (AvgIpc) is 2.24. The van der Waals surface area contributed by atoms with E-state index in [1.54, 1.807) is 27.7 Å². The minimum absolute atomic E-state index is 0.0368. The van der Waals surface area contributed by atoms with E-state index in [4.69, 9.17) is 9.47 Å². The van der Waals surface area contributed by atoms with Crippen LogP contribution in [0.5, 0.6) is 0 Å². The standard InChI is InChI=1S/C15H21F2NO3/c1-14(2,3)21-13(19)18-15(4,9-20-5)10-6-11(16)8-12(17)7-10/h6-8H,9H2,1-5H3,(H,18,19). The molecular formula is C15H21F2NO3. The summed E-state index contributed by atoms with van der Waals surface area (Å²) in [5.41, 5.74) is -1.53. The van der Waals surface area contributed by atoms with Crippen molar-refractivity contribution in [3.8, 4) is 0 Å². The number of ether oxygens (including phenoxy) is 2. The first kappa shape index (κ1) is 17.4. The van der Waals surface area contributed by atoms with E-state index >= 15 is 0 Å². The lowest BCUT2D eigenvalue weighted by Crippen LogP contribution is -2.48. The molecule has 0 bridgehead atoms. The number of hydrogen-bond acceptors (Lipinski definition) is 3. The first-order valence-electron chi connectivity index (χ1n) is 6.52. The van der Waals surface area contributed by atoms with Gasteiger partial charge in [-0.25, -0.2) is 13.6 Å². The molecule has 1 aromatic rings. The van der Waals surface area contributed by atoms with E-state index in [-0.39, 0.29) is 12.2 Å². The van der Waals surface area contributed by atoms with Gasteiger partial charge in [0.15, 0.2) is 0 Å². The Bertz CT molecular complexity index is 494. The molecule has 0 saturated carbocycles. The highest BCUT2D eigenvalue weighted by Gasteiger charge is 2.31. The summed E-state index contributed by atoms with van der Waals surface area (Å²) in [4.78, 5) is 11.9. The number of methoxy groups -OCH3 is 1. The maximum atomic E-state index is 13.4. The molecule has 0 aliphatic heterocycles. The van der Waals surface area contributed by atoms with Crippen LogP contribution in [0.25, 0.3) is 0 Å². The summed E-state index contributed by atoms with van der Waals surface area (Å²) >= 11 is 0. The molecule has 118 valence electrons. The predicted molar refractivity (Wildman–Crippen MR) is 75.0 cm³/mol. The Morgan fingerprint density at radius 1 is 1.14 bits per heavy atom. The minimum atomic E-state index is -1.11. The number of carbonyl (C=O) groups is 1.